The molecule has 0 atom stereocenters. The molecule has 0 aromatic heterocycles. The van der Waals surface area contributed by atoms with Gasteiger partial charge in [-0.3, -0.25) is 9.59 Å². The summed E-state index contributed by atoms with van der Waals surface area (Å²) in [5.74, 6) is -0.204. The van der Waals surface area contributed by atoms with Crippen LogP contribution in [0.3, 0.4) is 0 Å². The van der Waals surface area contributed by atoms with Crippen molar-refractivity contribution in [3.8, 4) is 0 Å². The molecule has 0 fully saturated rings. The van der Waals surface area contributed by atoms with Crippen molar-refractivity contribution < 1.29 is 14.3 Å². The lowest BCUT2D eigenvalue weighted by Crippen LogP contribution is -2.35. The summed E-state index contributed by atoms with van der Waals surface area (Å²) in [6, 6.07) is 5.60. The third-order valence-corrected chi connectivity index (χ3v) is 3.08. The highest BCUT2D eigenvalue weighted by atomic mass is 16.5. The van der Waals surface area contributed by atoms with E-state index in [-0.39, 0.29) is 12.5 Å². The maximum absolute atomic E-state index is 11.5. The fourth-order valence-corrected chi connectivity index (χ4v) is 2.29. The van der Waals surface area contributed by atoms with E-state index in [4.69, 9.17) is 4.74 Å². The molecular weight excluding hydrogens is 230 g/mol. The van der Waals surface area contributed by atoms with E-state index < -0.39 is 0 Å². The lowest BCUT2D eigenvalue weighted by atomic mass is 9.99. The molecule has 0 N–H and O–H groups in total. The van der Waals surface area contributed by atoms with Crippen molar-refractivity contribution in [2.24, 2.45) is 0 Å². The number of anilines is 1. The molecular formula is C14H17NO3. The molecule has 1 heterocycles. The Kier molecular flexibility index (Phi) is 3.97. The summed E-state index contributed by atoms with van der Waals surface area (Å²) in [5, 5.41) is 0. The van der Waals surface area contributed by atoms with Crippen molar-refractivity contribution in [3.63, 3.8) is 0 Å². The fraction of sp³-hybridized carbons (Fsp3) is 0.429. The van der Waals surface area contributed by atoms with Gasteiger partial charge in [-0.05, 0) is 43.5 Å². The van der Waals surface area contributed by atoms with Crippen molar-refractivity contribution in [2.45, 2.75) is 19.8 Å². The minimum atomic E-state index is -0.204. The Hall–Kier alpha value is -1.84. The molecule has 0 saturated heterocycles. The molecule has 1 aromatic carbocycles. The van der Waals surface area contributed by atoms with Crippen LogP contribution in [-0.4, -0.2) is 32.0 Å². The van der Waals surface area contributed by atoms with Gasteiger partial charge < -0.3 is 9.64 Å². The van der Waals surface area contributed by atoms with E-state index in [0.29, 0.717) is 12.2 Å². The van der Waals surface area contributed by atoms with Crippen LogP contribution < -0.4 is 4.90 Å². The molecule has 0 spiro atoms. The lowest BCUT2D eigenvalue weighted by Gasteiger charge is -2.30. The molecule has 0 unspecified atom stereocenters. The normalized spacial score (nSPS) is 13.9. The summed E-state index contributed by atoms with van der Waals surface area (Å²) in [7, 11) is 0. The van der Waals surface area contributed by atoms with E-state index in [0.717, 1.165) is 36.9 Å². The summed E-state index contributed by atoms with van der Waals surface area (Å²) in [6.45, 7) is 3.34. The lowest BCUT2D eigenvalue weighted by molar-refractivity contribution is -0.141. The van der Waals surface area contributed by atoms with E-state index >= 15 is 0 Å². The SMILES string of the molecule is CCOC(=O)CN1CCCc2cc(C=O)ccc21. The number of aryl methyl sites for hydroxylation is 1. The van der Waals surface area contributed by atoms with Gasteiger partial charge in [-0.2, -0.15) is 0 Å². The number of aldehydes is 1. The van der Waals surface area contributed by atoms with Crippen LogP contribution in [0.2, 0.25) is 0 Å². The standard InChI is InChI=1S/C14H17NO3/c1-2-18-14(17)9-15-7-3-4-12-8-11(10-16)5-6-13(12)15/h5-6,8,10H,2-4,7,9H2,1H3. The van der Waals surface area contributed by atoms with Gasteiger partial charge in [-0.1, -0.05) is 0 Å². The van der Waals surface area contributed by atoms with Crippen LogP contribution in [0.25, 0.3) is 0 Å². The summed E-state index contributed by atoms with van der Waals surface area (Å²) in [4.78, 5) is 24.3. The van der Waals surface area contributed by atoms with Gasteiger partial charge in [-0.15, -0.1) is 0 Å². The Balaban J connectivity index is 2.17. The number of hydrogen-bond donors (Lipinski definition) is 0. The smallest absolute Gasteiger partial charge is 0.325 e. The Morgan fingerprint density at radius 3 is 3.06 bits per heavy atom. The van der Waals surface area contributed by atoms with Gasteiger partial charge >= 0.3 is 5.97 Å². The first-order valence-electron chi connectivity index (χ1n) is 6.23. The topological polar surface area (TPSA) is 46.6 Å². The largest absolute Gasteiger partial charge is 0.465 e. The monoisotopic (exact) mass is 247 g/mol. The van der Waals surface area contributed by atoms with Crippen LogP contribution in [0.1, 0.15) is 29.3 Å². The number of fused-ring (bicyclic) bond motifs is 1. The number of benzene rings is 1. The van der Waals surface area contributed by atoms with Gasteiger partial charge in [0.05, 0.1) is 6.61 Å². The maximum atomic E-state index is 11.5. The first-order valence-corrected chi connectivity index (χ1v) is 6.23. The number of nitrogens with zero attached hydrogens (tertiary/aromatic N) is 1. The second kappa shape index (κ2) is 5.67. The van der Waals surface area contributed by atoms with Gasteiger partial charge in [0.25, 0.3) is 0 Å². The molecule has 1 aliphatic rings. The molecule has 0 bridgehead atoms. The third kappa shape index (κ3) is 2.70. The van der Waals surface area contributed by atoms with Crippen LogP contribution >= 0.6 is 0 Å². The average molecular weight is 247 g/mol. The van der Waals surface area contributed by atoms with E-state index in [1.807, 2.05) is 17.0 Å². The highest BCUT2D eigenvalue weighted by Crippen LogP contribution is 2.27. The van der Waals surface area contributed by atoms with Crippen LogP contribution in [-0.2, 0) is 16.0 Å². The predicted octanol–water partition coefficient (Wildman–Crippen LogP) is 1.81. The Labute approximate surface area is 107 Å². The second-order valence-corrected chi connectivity index (χ2v) is 4.34. The minimum absolute atomic E-state index is 0.204. The zero-order valence-electron chi connectivity index (χ0n) is 10.5. The van der Waals surface area contributed by atoms with Gasteiger partial charge in [-0.25, -0.2) is 0 Å². The zero-order chi connectivity index (χ0) is 13.0. The molecule has 0 amide bonds. The molecule has 2 rings (SSSR count). The minimum Gasteiger partial charge on any atom is -0.465 e. The molecule has 4 heteroatoms. The predicted molar refractivity (Wildman–Crippen MR) is 69.0 cm³/mol. The third-order valence-electron chi connectivity index (χ3n) is 3.08. The van der Waals surface area contributed by atoms with Crippen LogP contribution in [0.5, 0.6) is 0 Å². The molecule has 96 valence electrons. The highest BCUT2D eigenvalue weighted by Gasteiger charge is 2.19. The van der Waals surface area contributed by atoms with E-state index in [1.165, 1.54) is 0 Å². The number of rotatable bonds is 4. The number of ether oxygens (including phenoxy) is 1. The zero-order valence-corrected chi connectivity index (χ0v) is 10.5. The molecule has 0 saturated carbocycles. The fourth-order valence-electron chi connectivity index (χ4n) is 2.29. The van der Waals surface area contributed by atoms with Crippen molar-refractivity contribution in [3.05, 3.63) is 29.3 Å². The van der Waals surface area contributed by atoms with Crippen LogP contribution in [0.15, 0.2) is 18.2 Å². The van der Waals surface area contributed by atoms with E-state index in [1.54, 1.807) is 13.0 Å². The van der Waals surface area contributed by atoms with E-state index in [9.17, 15) is 9.59 Å². The average Bonchev–Trinajstić information content (AvgIpc) is 2.38. The number of carbonyl (C=O) groups is 2. The van der Waals surface area contributed by atoms with Crippen LogP contribution in [0, 0.1) is 0 Å². The van der Waals surface area contributed by atoms with Crippen LogP contribution in [0.4, 0.5) is 5.69 Å². The van der Waals surface area contributed by atoms with Gasteiger partial charge in [0.2, 0.25) is 0 Å². The van der Waals surface area contributed by atoms with Gasteiger partial charge in [0, 0.05) is 17.8 Å². The molecule has 0 radical (unpaired) electrons. The molecule has 0 aliphatic carbocycles. The molecule has 18 heavy (non-hydrogen) atoms. The van der Waals surface area contributed by atoms with Gasteiger partial charge in [0.15, 0.2) is 0 Å². The van der Waals surface area contributed by atoms with Crippen molar-refractivity contribution in [1.29, 1.82) is 0 Å². The first-order chi connectivity index (χ1) is 8.74. The maximum Gasteiger partial charge on any atom is 0.325 e. The molecule has 1 aliphatic heterocycles. The van der Waals surface area contributed by atoms with Crippen molar-refractivity contribution in [1.82, 2.24) is 0 Å². The molecule has 4 nitrogen and oxygen atoms in total. The second-order valence-electron chi connectivity index (χ2n) is 4.34. The summed E-state index contributed by atoms with van der Waals surface area (Å²) >= 11 is 0. The number of carbonyl (C=O) groups excluding carboxylic acids is 2. The Morgan fingerprint density at radius 1 is 1.50 bits per heavy atom. The van der Waals surface area contributed by atoms with Gasteiger partial charge in [0.1, 0.15) is 12.8 Å². The Bertz CT molecular complexity index is 456. The van der Waals surface area contributed by atoms with Crippen molar-refractivity contribution >= 4 is 17.9 Å². The van der Waals surface area contributed by atoms with E-state index in [2.05, 4.69) is 0 Å². The summed E-state index contributed by atoms with van der Waals surface area (Å²) < 4.78 is 4.97. The Morgan fingerprint density at radius 2 is 2.33 bits per heavy atom. The highest BCUT2D eigenvalue weighted by molar-refractivity contribution is 5.79. The van der Waals surface area contributed by atoms with Crippen molar-refractivity contribution in [2.75, 3.05) is 24.6 Å². The number of hydrogen-bond acceptors (Lipinski definition) is 4. The molecule has 1 aromatic rings. The number of esters is 1. The summed E-state index contributed by atoms with van der Waals surface area (Å²) in [6.07, 6.45) is 2.80. The summed E-state index contributed by atoms with van der Waals surface area (Å²) in [5.41, 5.74) is 2.86. The first kappa shape index (κ1) is 12.6. The quantitative estimate of drug-likeness (QED) is 0.601.